The highest BCUT2D eigenvalue weighted by Crippen LogP contribution is 2.33. The molecule has 0 radical (unpaired) electrons. The zero-order chi connectivity index (χ0) is 13.9. The van der Waals surface area contributed by atoms with Crippen LogP contribution < -0.4 is 4.90 Å². The Bertz CT molecular complexity index is 628. The number of rotatable bonds is 3. The number of halogens is 1. The van der Waals surface area contributed by atoms with Crippen molar-refractivity contribution in [3.63, 3.8) is 0 Å². The van der Waals surface area contributed by atoms with E-state index in [1.54, 1.807) is 6.20 Å². The van der Waals surface area contributed by atoms with E-state index in [2.05, 4.69) is 4.98 Å². The Morgan fingerprint density at radius 2 is 2.15 bits per heavy atom. The summed E-state index contributed by atoms with van der Waals surface area (Å²) in [5.74, 6) is 0.136. The second kappa shape index (κ2) is 5.63. The van der Waals surface area contributed by atoms with Gasteiger partial charge in [-0.1, -0.05) is 23.7 Å². The number of hydrogen-bond acceptors (Lipinski definition) is 2. The van der Waals surface area contributed by atoms with Crippen molar-refractivity contribution in [2.75, 3.05) is 11.4 Å². The molecule has 0 spiro atoms. The maximum Gasteiger partial charge on any atom is 0.227 e. The zero-order valence-electron chi connectivity index (χ0n) is 11.1. The van der Waals surface area contributed by atoms with E-state index in [1.165, 1.54) is 0 Å². The van der Waals surface area contributed by atoms with Crippen LogP contribution in [0.5, 0.6) is 0 Å². The highest BCUT2D eigenvalue weighted by atomic mass is 35.5. The number of carbonyl (C=O) groups is 1. The number of pyridine rings is 1. The van der Waals surface area contributed by atoms with Crippen molar-refractivity contribution in [3.8, 4) is 0 Å². The molecular formula is C16H15ClN2O. The maximum absolute atomic E-state index is 12.3. The molecule has 2 aromatic rings. The van der Waals surface area contributed by atoms with Gasteiger partial charge in [-0.2, -0.15) is 0 Å². The third-order valence-electron chi connectivity index (χ3n) is 3.59. The van der Waals surface area contributed by atoms with Gasteiger partial charge in [0.15, 0.2) is 0 Å². The average Bonchev–Trinajstić information content (AvgIpc) is 2.91. The van der Waals surface area contributed by atoms with Gasteiger partial charge < -0.3 is 4.90 Å². The molecule has 4 heteroatoms. The summed E-state index contributed by atoms with van der Waals surface area (Å²) < 4.78 is 0. The summed E-state index contributed by atoms with van der Waals surface area (Å²) in [5, 5.41) is 0.752. The molecule has 1 aliphatic heterocycles. The number of carbonyl (C=O) groups excluding carboxylic acids is 1. The number of anilines is 1. The number of hydrogen-bond donors (Lipinski definition) is 0. The van der Waals surface area contributed by atoms with Crippen molar-refractivity contribution in [1.82, 2.24) is 4.98 Å². The van der Waals surface area contributed by atoms with Gasteiger partial charge in [0.05, 0.1) is 0 Å². The third kappa shape index (κ3) is 2.54. The molecule has 2 heterocycles. The van der Waals surface area contributed by atoms with E-state index in [1.807, 2.05) is 41.3 Å². The largest absolute Gasteiger partial charge is 0.312 e. The summed E-state index contributed by atoms with van der Waals surface area (Å²) in [6, 6.07) is 11.5. The lowest BCUT2D eigenvalue weighted by Gasteiger charge is -2.17. The molecule has 102 valence electrons. The molecule has 1 aliphatic rings. The van der Waals surface area contributed by atoms with Crippen LogP contribution in [0.15, 0.2) is 42.6 Å². The van der Waals surface area contributed by atoms with Gasteiger partial charge in [-0.25, -0.2) is 0 Å². The lowest BCUT2D eigenvalue weighted by atomic mass is 10.1. The Kier molecular flexibility index (Phi) is 3.70. The van der Waals surface area contributed by atoms with Gasteiger partial charge in [0.2, 0.25) is 5.91 Å². The van der Waals surface area contributed by atoms with Crippen molar-refractivity contribution in [1.29, 1.82) is 0 Å². The first-order chi connectivity index (χ1) is 9.75. The number of amides is 1. The van der Waals surface area contributed by atoms with Crippen LogP contribution in [-0.2, 0) is 17.6 Å². The van der Waals surface area contributed by atoms with E-state index in [9.17, 15) is 4.79 Å². The van der Waals surface area contributed by atoms with Crippen molar-refractivity contribution >= 4 is 23.2 Å². The molecule has 1 aromatic heterocycles. The van der Waals surface area contributed by atoms with E-state index in [0.29, 0.717) is 12.8 Å². The van der Waals surface area contributed by atoms with E-state index in [0.717, 1.165) is 34.9 Å². The molecule has 1 aromatic carbocycles. The van der Waals surface area contributed by atoms with Gasteiger partial charge in [0.1, 0.15) is 0 Å². The smallest absolute Gasteiger partial charge is 0.227 e. The van der Waals surface area contributed by atoms with E-state index < -0.39 is 0 Å². The van der Waals surface area contributed by atoms with Gasteiger partial charge in [0, 0.05) is 35.6 Å². The van der Waals surface area contributed by atoms with Crippen LogP contribution >= 0.6 is 11.6 Å². The number of fused-ring (bicyclic) bond motifs is 1. The van der Waals surface area contributed by atoms with Gasteiger partial charge in [-0.15, -0.1) is 0 Å². The molecule has 0 unspecified atom stereocenters. The quantitative estimate of drug-likeness (QED) is 0.868. The second-order valence-electron chi connectivity index (χ2n) is 4.85. The highest BCUT2D eigenvalue weighted by Gasteiger charge is 2.25. The van der Waals surface area contributed by atoms with Gasteiger partial charge >= 0.3 is 0 Å². The number of benzene rings is 1. The Morgan fingerprint density at radius 1 is 1.25 bits per heavy atom. The summed E-state index contributed by atoms with van der Waals surface area (Å²) >= 11 is 6.16. The third-order valence-corrected chi connectivity index (χ3v) is 3.95. The standard InChI is InChI=1S/C16H15ClN2O/c17-14-5-3-6-15-13(14)9-11-19(15)16(20)8-7-12-4-1-2-10-18-12/h1-6,10H,7-9,11H2. The van der Waals surface area contributed by atoms with Crippen molar-refractivity contribution in [2.45, 2.75) is 19.3 Å². The minimum atomic E-state index is 0.136. The Morgan fingerprint density at radius 3 is 2.95 bits per heavy atom. The van der Waals surface area contributed by atoms with Crippen LogP contribution in [0, 0.1) is 0 Å². The van der Waals surface area contributed by atoms with Crippen molar-refractivity contribution in [2.24, 2.45) is 0 Å². The summed E-state index contributed by atoms with van der Waals surface area (Å²) in [6.07, 6.45) is 3.74. The number of nitrogens with zero attached hydrogens (tertiary/aromatic N) is 2. The lowest BCUT2D eigenvalue weighted by Crippen LogP contribution is -2.29. The maximum atomic E-state index is 12.3. The molecule has 0 atom stereocenters. The molecule has 0 fully saturated rings. The molecule has 0 bridgehead atoms. The molecule has 0 N–H and O–H groups in total. The predicted molar refractivity (Wildman–Crippen MR) is 80.1 cm³/mol. The van der Waals surface area contributed by atoms with E-state index in [4.69, 9.17) is 11.6 Å². The Labute approximate surface area is 123 Å². The van der Waals surface area contributed by atoms with Crippen molar-refractivity contribution < 1.29 is 4.79 Å². The average molecular weight is 287 g/mol. The first-order valence-corrected chi connectivity index (χ1v) is 7.11. The molecule has 0 aliphatic carbocycles. The highest BCUT2D eigenvalue weighted by molar-refractivity contribution is 6.32. The number of aromatic nitrogens is 1. The second-order valence-corrected chi connectivity index (χ2v) is 5.26. The van der Waals surface area contributed by atoms with Gasteiger partial charge in [0.25, 0.3) is 0 Å². The first kappa shape index (κ1) is 13.1. The fourth-order valence-corrected chi connectivity index (χ4v) is 2.83. The first-order valence-electron chi connectivity index (χ1n) is 6.73. The van der Waals surface area contributed by atoms with Gasteiger partial charge in [-0.05, 0) is 42.7 Å². The minimum absolute atomic E-state index is 0.136. The molecule has 0 saturated heterocycles. The Hall–Kier alpha value is -1.87. The van der Waals surface area contributed by atoms with Crippen LogP contribution in [0.25, 0.3) is 0 Å². The molecule has 1 amide bonds. The molecule has 20 heavy (non-hydrogen) atoms. The summed E-state index contributed by atoms with van der Waals surface area (Å²) in [6.45, 7) is 0.722. The van der Waals surface area contributed by atoms with E-state index >= 15 is 0 Å². The minimum Gasteiger partial charge on any atom is -0.312 e. The predicted octanol–water partition coefficient (Wildman–Crippen LogP) is 3.26. The van der Waals surface area contributed by atoms with Crippen LogP contribution in [0.1, 0.15) is 17.7 Å². The van der Waals surface area contributed by atoms with Crippen LogP contribution in [0.4, 0.5) is 5.69 Å². The monoisotopic (exact) mass is 286 g/mol. The molecule has 3 rings (SSSR count). The molecular weight excluding hydrogens is 272 g/mol. The normalized spacial score (nSPS) is 13.3. The van der Waals surface area contributed by atoms with Crippen LogP contribution in [0.3, 0.4) is 0 Å². The summed E-state index contributed by atoms with van der Waals surface area (Å²) in [7, 11) is 0. The molecule has 3 nitrogen and oxygen atoms in total. The fourth-order valence-electron chi connectivity index (χ4n) is 2.57. The van der Waals surface area contributed by atoms with Crippen LogP contribution in [0.2, 0.25) is 5.02 Å². The number of aryl methyl sites for hydroxylation is 1. The summed E-state index contributed by atoms with van der Waals surface area (Å²) in [4.78, 5) is 18.4. The van der Waals surface area contributed by atoms with E-state index in [-0.39, 0.29) is 5.91 Å². The van der Waals surface area contributed by atoms with Gasteiger partial charge in [-0.3, -0.25) is 9.78 Å². The molecule has 0 saturated carbocycles. The fraction of sp³-hybridized carbons (Fsp3) is 0.250. The zero-order valence-corrected chi connectivity index (χ0v) is 11.8. The Balaban J connectivity index is 1.70. The summed E-state index contributed by atoms with van der Waals surface area (Å²) in [5.41, 5.74) is 3.00. The SMILES string of the molecule is O=C(CCc1ccccn1)N1CCc2c(Cl)cccc21. The van der Waals surface area contributed by atoms with Crippen molar-refractivity contribution in [3.05, 3.63) is 58.9 Å². The topological polar surface area (TPSA) is 33.2 Å². The lowest BCUT2D eigenvalue weighted by molar-refractivity contribution is -0.118. The van der Waals surface area contributed by atoms with Crippen LogP contribution in [-0.4, -0.2) is 17.4 Å².